The van der Waals surface area contributed by atoms with Crippen LogP contribution in [0.15, 0.2) is 87.5 Å². The quantitative estimate of drug-likeness (QED) is 0.424. The molecule has 1 N–H and O–H groups in total. The minimum Gasteiger partial charge on any atom is -0.461 e. The van der Waals surface area contributed by atoms with Gasteiger partial charge in [-0.15, -0.1) is 22.0 Å². The fraction of sp³-hybridized carbons (Fsp3) is 0.0952. The summed E-state index contributed by atoms with van der Waals surface area (Å²) in [5.74, 6) is 1.32. The Hall–Kier alpha value is -2.97. The highest BCUT2D eigenvalue weighted by atomic mass is 32.2. The van der Waals surface area contributed by atoms with Gasteiger partial charge in [0.25, 0.3) is 0 Å². The molecule has 0 saturated carbocycles. The van der Waals surface area contributed by atoms with E-state index in [2.05, 4.69) is 15.5 Å². The first-order chi connectivity index (χ1) is 14.2. The molecule has 0 bridgehead atoms. The van der Waals surface area contributed by atoms with Crippen LogP contribution in [0.5, 0.6) is 0 Å². The highest BCUT2D eigenvalue weighted by molar-refractivity contribution is 7.99. The first kappa shape index (κ1) is 19.4. The SMILES string of the molecule is CSc1cccc(NC(=O)CSc2nnc(-c3ccco3)n2-c2ccccc2)c1. The van der Waals surface area contributed by atoms with E-state index < -0.39 is 0 Å². The van der Waals surface area contributed by atoms with Crippen molar-refractivity contribution in [3.05, 3.63) is 73.0 Å². The van der Waals surface area contributed by atoms with Gasteiger partial charge in [0.05, 0.1) is 12.0 Å². The second-order valence-electron chi connectivity index (χ2n) is 6.02. The Labute approximate surface area is 176 Å². The molecule has 0 aliphatic carbocycles. The van der Waals surface area contributed by atoms with Gasteiger partial charge < -0.3 is 9.73 Å². The molecule has 0 aliphatic heterocycles. The summed E-state index contributed by atoms with van der Waals surface area (Å²) in [7, 11) is 0. The molecule has 2 heterocycles. The maximum Gasteiger partial charge on any atom is 0.234 e. The number of anilines is 1. The second-order valence-corrected chi connectivity index (χ2v) is 7.85. The largest absolute Gasteiger partial charge is 0.461 e. The summed E-state index contributed by atoms with van der Waals surface area (Å²) >= 11 is 2.96. The van der Waals surface area contributed by atoms with Crippen LogP contribution in [-0.2, 0) is 4.79 Å². The monoisotopic (exact) mass is 422 g/mol. The zero-order valence-electron chi connectivity index (χ0n) is 15.6. The third-order valence-electron chi connectivity index (χ3n) is 4.08. The molecule has 6 nitrogen and oxygen atoms in total. The van der Waals surface area contributed by atoms with Gasteiger partial charge in [-0.05, 0) is 48.7 Å². The Morgan fingerprint density at radius 3 is 2.69 bits per heavy atom. The zero-order chi connectivity index (χ0) is 20.1. The van der Waals surface area contributed by atoms with Crippen molar-refractivity contribution >= 4 is 35.1 Å². The molecule has 0 radical (unpaired) electrons. The highest BCUT2D eigenvalue weighted by Gasteiger charge is 2.18. The van der Waals surface area contributed by atoms with Gasteiger partial charge in [0.2, 0.25) is 11.7 Å². The predicted octanol–water partition coefficient (Wildman–Crippen LogP) is 4.98. The number of rotatable bonds is 7. The van der Waals surface area contributed by atoms with Gasteiger partial charge in [0.15, 0.2) is 10.9 Å². The summed E-state index contributed by atoms with van der Waals surface area (Å²) in [6.45, 7) is 0. The third-order valence-corrected chi connectivity index (χ3v) is 5.73. The Morgan fingerprint density at radius 2 is 1.93 bits per heavy atom. The lowest BCUT2D eigenvalue weighted by Crippen LogP contribution is -2.14. The summed E-state index contributed by atoms with van der Waals surface area (Å²) in [5, 5.41) is 12.1. The fourth-order valence-corrected chi connectivity index (χ4v) is 3.98. The van der Waals surface area contributed by atoms with Crippen LogP contribution in [0.3, 0.4) is 0 Å². The molecule has 29 heavy (non-hydrogen) atoms. The van der Waals surface area contributed by atoms with E-state index in [9.17, 15) is 4.79 Å². The Balaban J connectivity index is 1.53. The molecular formula is C21H18N4O2S2. The summed E-state index contributed by atoms with van der Waals surface area (Å²) < 4.78 is 7.40. The molecule has 146 valence electrons. The van der Waals surface area contributed by atoms with Crippen molar-refractivity contribution in [1.82, 2.24) is 14.8 Å². The molecule has 2 aromatic carbocycles. The minimum absolute atomic E-state index is 0.101. The van der Waals surface area contributed by atoms with E-state index in [0.29, 0.717) is 16.7 Å². The van der Waals surface area contributed by atoms with Gasteiger partial charge in [0, 0.05) is 16.3 Å². The number of hydrogen-bond acceptors (Lipinski definition) is 6. The van der Waals surface area contributed by atoms with E-state index in [-0.39, 0.29) is 11.7 Å². The highest BCUT2D eigenvalue weighted by Crippen LogP contribution is 2.28. The molecule has 0 atom stereocenters. The molecule has 8 heteroatoms. The Bertz CT molecular complexity index is 1100. The number of benzene rings is 2. The smallest absolute Gasteiger partial charge is 0.234 e. The van der Waals surface area contributed by atoms with Crippen molar-refractivity contribution in [2.24, 2.45) is 0 Å². The summed E-state index contributed by atoms with van der Waals surface area (Å²) in [6.07, 6.45) is 3.60. The van der Waals surface area contributed by atoms with Crippen LogP contribution in [0.1, 0.15) is 0 Å². The first-order valence-corrected chi connectivity index (χ1v) is 11.1. The molecule has 0 fully saturated rings. The molecule has 0 unspecified atom stereocenters. The minimum atomic E-state index is -0.101. The average Bonchev–Trinajstić information content (AvgIpc) is 3.42. The molecule has 1 amide bonds. The van der Waals surface area contributed by atoms with Crippen LogP contribution < -0.4 is 5.32 Å². The van der Waals surface area contributed by atoms with E-state index >= 15 is 0 Å². The van der Waals surface area contributed by atoms with E-state index in [0.717, 1.165) is 16.3 Å². The van der Waals surface area contributed by atoms with Gasteiger partial charge in [-0.1, -0.05) is 36.0 Å². The van der Waals surface area contributed by atoms with Crippen molar-refractivity contribution in [2.75, 3.05) is 17.3 Å². The normalized spacial score (nSPS) is 10.8. The van der Waals surface area contributed by atoms with Gasteiger partial charge in [0.1, 0.15) is 0 Å². The van der Waals surface area contributed by atoms with Gasteiger partial charge in [-0.2, -0.15) is 0 Å². The van der Waals surface area contributed by atoms with Crippen molar-refractivity contribution < 1.29 is 9.21 Å². The number of aromatic nitrogens is 3. The summed E-state index contributed by atoms with van der Waals surface area (Å²) in [4.78, 5) is 13.6. The molecular weight excluding hydrogens is 404 g/mol. The predicted molar refractivity (Wildman–Crippen MR) is 117 cm³/mol. The summed E-state index contributed by atoms with van der Waals surface area (Å²) in [6, 6.07) is 21.2. The third kappa shape index (κ3) is 4.55. The van der Waals surface area contributed by atoms with Crippen molar-refractivity contribution in [3.63, 3.8) is 0 Å². The number of nitrogens with one attached hydrogen (secondary N) is 1. The van der Waals surface area contributed by atoms with Gasteiger partial charge >= 0.3 is 0 Å². The van der Waals surface area contributed by atoms with E-state index in [1.165, 1.54) is 11.8 Å². The van der Waals surface area contributed by atoms with Crippen LogP contribution in [0.25, 0.3) is 17.3 Å². The van der Waals surface area contributed by atoms with Crippen LogP contribution in [0.2, 0.25) is 0 Å². The lowest BCUT2D eigenvalue weighted by Gasteiger charge is -2.09. The number of thioether (sulfide) groups is 2. The zero-order valence-corrected chi connectivity index (χ0v) is 17.2. The number of furan rings is 1. The van der Waals surface area contributed by atoms with Gasteiger partial charge in [-0.25, -0.2) is 0 Å². The number of carbonyl (C=O) groups is 1. The maximum absolute atomic E-state index is 12.5. The standard InChI is InChI=1S/C21H18N4O2S2/c1-28-17-10-5-7-15(13-17)22-19(26)14-29-21-24-23-20(18-11-6-12-27-18)25(21)16-8-3-2-4-9-16/h2-13H,14H2,1H3,(H,22,26). The number of hydrogen-bond donors (Lipinski definition) is 1. The Morgan fingerprint density at radius 1 is 1.07 bits per heavy atom. The van der Waals surface area contributed by atoms with Gasteiger partial charge in [-0.3, -0.25) is 9.36 Å². The van der Waals surface area contributed by atoms with Crippen LogP contribution in [-0.4, -0.2) is 32.7 Å². The van der Waals surface area contributed by atoms with Crippen LogP contribution >= 0.6 is 23.5 Å². The van der Waals surface area contributed by atoms with Crippen molar-refractivity contribution in [3.8, 4) is 17.3 Å². The average molecular weight is 423 g/mol. The number of amides is 1. The van der Waals surface area contributed by atoms with E-state index in [4.69, 9.17) is 4.42 Å². The molecule has 0 aliphatic rings. The van der Waals surface area contributed by atoms with E-state index in [1.54, 1.807) is 18.0 Å². The number of carbonyl (C=O) groups excluding carboxylic acids is 1. The molecule has 0 spiro atoms. The fourth-order valence-electron chi connectivity index (χ4n) is 2.77. The topological polar surface area (TPSA) is 73.0 Å². The molecule has 4 rings (SSSR count). The first-order valence-electron chi connectivity index (χ1n) is 8.86. The number of para-hydroxylation sites is 1. The van der Waals surface area contributed by atoms with Crippen LogP contribution in [0, 0.1) is 0 Å². The van der Waals surface area contributed by atoms with E-state index in [1.807, 2.05) is 77.6 Å². The van der Waals surface area contributed by atoms with Crippen molar-refractivity contribution in [1.29, 1.82) is 0 Å². The van der Waals surface area contributed by atoms with Crippen molar-refractivity contribution in [2.45, 2.75) is 10.1 Å². The maximum atomic E-state index is 12.5. The summed E-state index contributed by atoms with van der Waals surface area (Å²) in [5.41, 5.74) is 1.68. The second kappa shape index (κ2) is 9.02. The Kier molecular flexibility index (Phi) is 6.02. The number of nitrogens with zero attached hydrogens (tertiary/aromatic N) is 3. The lowest BCUT2D eigenvalue weighted by atomic mass is 10.3. The van der Waals surface area contributed by atoms with Crippen LogP contribution in [0.4, 0.5) is 5.69 Å². The molecule has 4 aromatic rings. The molecule has 2 aromatic heterocycles. The lowest BCUT2D eigenvalue weighted by molar-refractivity contribution is -0.113. The molecule has 0 saturated heterocycles.